The second-order valence-corrected chi connectivity index (χ2v) is 5.44. The van der Waals surface area contributed by atoms with Crippen molar-refractivity contribution in [3.8, 4) is 0 Å². The SMILES string of the molecule is CC(NC(=O)NCCc1ccccc1)c1ccc(F)c(Cl)c1. The van der Waals surface area contributed by atoms with Crippen molar-refractivity contribution in [2.24, 2.45) is 0 Å². The predicted molar refractivity (Wildman–Crippen MR) is 86.5 cm³/mol. The molecule has 2 aromatic rings. The van der Waals surface area contributed by atoms with Gasteiger partial charge in [0, 0.05) is 6.54 Å². The standard InChI is InChI=1S/C17H18ClFN2O/c1-12(14-7-8-16(19)15(18)11-14)21-17(22)20-10-9-13-5-3-2-4-6-13/h2-8,11-12H,9-10H2,1H3,(H2,20,21,22). The first-order valence-electron chi connectivity index (χ1n) is 7.09. The van der Waals surface area contributed by atoms with E-state index in [-0.39, 0.29) is 17.1 Å². The molecule has 0 aliphatic rings. The van der Waals surface area contributed by atoms with Gasteiger partial charge in [-0.05, 0) is 36.6 Å². The number of urea groups is 1. The molecule has 2 N–H and O–H groups in total. The zero-order valence-electron chi connectivity index (χ0n) is 12.3. The molecule has 1 atom stereocenters. The van der Waals surface area contributed by atoms with Crippen LogP contribution in [-0.2, 0) is 6.42 Å². The molecule has 0 fully saturated rings. The van der Waals surface area contributed by atoms with Gasteiger partial charge in [-0.25, -0.2) is 9.18 Å². The van der Waals surface area contributed by atoms with Gasteiger partial charge in [-0.1, -0.05) is 48.0 Å². The van der Waals surface area contributed by atoms with Crippen LogP contribution in [0.15, 0.2) is 48.5 Å². The van der Waals surface area contributed by atoms with Gasteiger partial charge in [-0.2, -0.15) is 0 Å². The summed E-state index contributed by atoms with van der Waals surface area (Å²) in [5.74, 6) is -0.468. The molecule has 0 radical (unpaired) electrons. The number of carbonyl (C=O) groups excluding carboxylic acids is 1. The maximum atomic E-state index is 13.1. The minimum absolute atomic E-state index is 0.0515. The molecule has 0 aromatic heterocycles. The largest absolute Gasteiger partial charge is 0.338 e. The lowest BCUT2D eigenvalue weighted by Crippen LogP contribution is -2.38. The molecule has 3 nitrogen and oxygen atoms in total. The molecule has 2 amide bonds. The lowest BCUT2D eigenvalue weighted by molar-refractivity contribution is 0.238. The molecule has 22 heavy (non-hydrogen) atoms. The Morgan fingerprint density at radius 3 is 2.64 bits per heavy atom. The van der Waals surface area contributed by atoms with Crippen LogP contribution in [0.4, 0.5) is 9.18 Å². The van der Waals surface area contributed by atoms with Crippen LogP contribution in [-0.4, -0.2) is 12.6 Å². The Labute approximate surface area is 134 Å². The summed E-state index contributed by atoms with van der Waals surface area (Å²) in [6.07, 6.45) is 0.769. The van der Waals surface area contributed by atoms with Crippen molar-refractivity contribution in [3.05, 3.63) is 70.5 Å². The van der Waals surface area contributed by atoms with E-state index in [4.69, 9.17) is 11.6 Å². The molecule has 5 heteroatoms. The second kappa shape index (κ2) is 7.80. The number of hydrogen-bond acceptors (Lipinski definition) is 1. The zero-order chi connectivity index (χ0) is 15.9. The quantitative estimate of drug-likeness (QED) is 0.856. The highest BCUT2D eigenvalue weighted by Crippen LogP contribution is 2.20. The van der Waals surface area contributed by atoms with Gasteiger partial charge in [0.2, 0.25) is 0 Å². The molecular formula is C17H18ClFN2O. The first kappa shape index (κ1) is 16.3. The van der Waals surface area contributed by atoms with Gasteiger partial charge in [0.1, 0.15) is 5.82 Å². The fourth-order valence-corrected chi connectivity index (χ4v) is 2.27. The van der Waals surface area contributed by atoms with Crippen LogP contribution in [0.5, 0.6) is 0 Å². The topological polar surface area (TPSA) is 41.1 Å². The van der Waals surface area contributed by atoms with Gasteiger partial charge in [0.05, 0.1) is 11.1 Å². The fraction of sp³-hybridized carbons (Fsp3) is 0.235. The zero-order valence-corrected chi connectivity index (χ0v) is 13.0. The smallest absolute Gasteiger partial charge is 0.315 e. The van der Waals surface area contributed by atoms with E-state index in [1.54, 1.807) is 6.07 Å². The summed E-state index contributed by atoms with van der Waals surface area (Å²) < 4.78 is 13.1. The minimum atomic E-state index is -0.468. The Bertz CT molecular complexity index is 634. The van der Waals surface area contributed by atoms with E-state index in [9.17, 15) is 9.18 Å². The summed E-state index contributed by atoms with van der Waals surface area (Å²) in [5, 5.41) is 5.65. The van der Waals surface area contributed by atoms with E-state index >= 15 is 0 Å². The first-order valence-corrected chi connectivity index (χ1v) is 7.47. The highest BCUT2D eigenvalue weighted by Gasteiger charge is 2.11. The van der Waals surface area contributed by atoms with Crippen molar-refractivity contribution in [1.29, 1.82) is 0 Å². The molecule has 0 aliphatic carbocycles. The predicted octanol–water partition coefficient (Wildman–Crippen LogP) is 4.08. The van der Waals surface area contributed by atoms with E-state index in [2.05, 4.69) is 10.6 Å². The Morgan fingerprint density at radius 2 is 1.95 bits per heavy atom. The van der Waals surface area contributed by atoms with Crippen LogP contribution >= 0.6 is 11.6 Å². The summed E-state index contributed by atoms with van der Waals surface area (Å²) in [4.78, 5) is 11.8. The number of hydrogen-bond donors (Lipinski definition) is 2. The Hall–Kier alpha value is -2.07. The van der Waals surface area contributed by atoms with Crippen LogP contribution in [0.1, 0.15) is 24.1 Å². The van der Waals surface area contributed by atoms with Crippen LogP contribution in [0.2, 0.25) is 5.02 Å². The van der Waals surface area contributed by atoms with Crippen molar-refractivity contribution in [1.82, 2.24) is 10.6 Å². The van der Waals surface area contributed by atoms with Gasteiger partial charge >= 0.3 is 6.03 Å². The molecule has 0 saturated carbocycles. The van der Waals surface area contributed by atoms with E-state index in [0.29, 0.717) is 6.54 Å². The average Bonchev–Trinajstić information content (AvgIpc) is 2.51. The van der Waals surface area contributed by atoms with E-state index in [0.717, 1.165) is 12.0 Å². The minimum Gasteiger partial charge on any atom is -0.338 e. The molecule has 0 aliphatic heterocycles. The van der Waals surface area contributed by atoms with Crippen LogP contribution in [0.25, 0.3) is 0 Å². The van der Waals surface area contributed by atoms with Gasteiger partial charge in [-0.3, -0.25) is 0 Å². The summed E-state index contributed by atoms with van der Waals surface area (Å²) in [5.41, 5.74) is 1.92. The maximum absolute atomic E-state index is 13.1. The molecule has 0 heterocycles. The third-order valence-electron chi connectivity index (χ3n) is 3.33. The summed E-state index contributed by atoms with van der Waals surface area (Å²) >= 11 is 5.74. The number of benzene rings is 2. The van der Waals surface area contributed by atoms with E-state index in [1.807, 2.05) is 37.3 Å². The normalized spacial score (nSPS) is 11.8. The molecule has 2 rings (SSSR count). The van der Waals surface area contributed by atoms with Crippen molar-refractivity contribution >= 4 is 17.6 Å². The first-order chi connectivity index (χ1) is 10.6. The van der Waals surface area contributed by atoms with Gasteiger partial charge in [0.15, 0.2) is 0 Å². The molecule has 0 bridgehead atoms. The third-order valence-corrected chi connectivity index (χ3v) is 3.62. The molecule has 1 unspecified atom stereocenters. The van der Waals surface area contributed by atoms with Crippen LogP contribution < -0.4 is 10.6 Å². The molecule has 0 saturated heterocycles. The molecular weight excluding hydrogens is 303 g/mol. The molecule has 2 aromatic carbocycles. The van der Waals surface area contributed by atoms with Gasteiger partial charge in [-0.15, -0.1) is 0 Å². The maximum Gasteiger partial charge on any atom is 0.315 e. The summed E-state index contributed by atoms with van der Waals surface area (Å²) in [6, 6.07) is 13.8. The summed E-state index contributed by atoms with van der Waals surface area (Å²) in [7, 11) is 0. The summed E-state index contributed by atoms with van der Waals surface area (Å²) in [6.45, 7) is 2.37. The number of halogens is 2. The average molecular weight is 321 g/mol. The number of nitrogens with one attached hydrogen (secondary N) is 2. The van der Waals surface area contributed by atoms with Crippen molar-refractivity contribution in [3.63, 3.8) is 0 Å². The van der Waals surface area contributed by atoms with E-state index < -0.39 is 5.82 Å². The van der Waals surface area contributed by atoms with E-state index in [1.165, 1.54) is 17.7 Å². The fourth-order valence-electron chi connectivity index (χ4n) is 2.08. The third kappa shape index (κ3) is 4.74. The van der Waals surface area contributed by atoms with Gasteiger partial charge in [0.25, 0.3) is 0 Å². The Kier molecular flexibility index (Phi) is 5.78. The van der Waals surface area contributed by atoms with Crippen molar-refractivity contribution < 1.29 is 9.18 Å². The highest BCUT2D eigenvalue weighted by atomic mass is 35.5. The monoisotopic (exact) mass is 320 g/mol. The lowest BCUT2D eigenvalue weighted by atomic mass is 10.1. The highest BCUT2D eigenvalue weighted by molar-refractivity contribution is 6.30. The van der Waals surface area contributed by atoms with Crippen LogP contribution in [0.3, 0.4) is 0 Å². The second-order valence-electron chi connectivity index (χ2n) is 5.03. The lowest BCUT2D eigenvalue weighted by Gasteiger charge is -2.15. The van der Waals surface area contributed by atoms with Crippen molar-refractivity contribution in [2.75, 3.05) is 6.54 Å². The Morgan fingerprint density at radius 1 is 1.23 bits per heavy atom. The number of amides is 2. The van der Waals surface area contributed by atoms with Crippen LogP contribution in [0, 0.1) is 5.82 Å². The van der Waals surface area contributed by atoms with Crippen molar-refractivity contribution in [2.45, 2.75) is 19.4 Å². The van der Waals surface area contributed by atoms with Gasteiger partial charge < -0.3 is 10.6 Å². The number of carbonyl (C=O) groups is 1. The Balaban J connectivity index is 1.80. The number of rotatable bonds is 5. The molecule has 0 spiro atoms. The molecule has 116 valence electrons.